The largest absolute Gasteiger partial charge is 0.433 e. The van der Waals surface area contributed by atoms with Crippen LogP contribution >= 0.6 is 0 Å². The van der Waals surface area contributed by atoms with Gasteiger partial charge in [0.05, 0.1) is 12.1 Å². The van der Waals surface area contributed by atoms with E-state index >= 15 is 0 Å². The van der Waals surface area contributed by atoms with Gasteiger partial charge in [-0.05, 0) is 6.07 Å². The number of amides is 1. The number of nitro groups is 1. The monoisotopic (exact) mass is 211 g/mol. The van der Waals surface area contributed by atoms with Crippen molar-refractivity contribution in [1.29, 1.82) is 0 Å². The first-order chi connectivity index (χ1) is 7.16. The van der Waals surface area contributed by atoms with Crippen molar-refractivity contribution in [1.82, 2.24) is 10.6 Å². The summed E-state index contributed by atoms with van der Waals surface area (Å²) < 4.78 is 4.74. The van der Waals surface area contributed by atoms with Crippen molar-refractivity contribution < 1.29 is 14.1 Å². The van der Waals surface area contributed by atoms with Crippen LogP contribution in [-0.2, 0) is 0 Å². The van der Waals surface area contributed by atoms with Crippen molar-refractivity contribution in [3.63, 3.8) is 0 Å². The highest BCUT2D eigenvalue weighted by atomic mass is 16.6. The Hall–Kier alpha value is -1.89. The van der Waals surface area contributed by atoms with Gasteiger partial charge in [0.15, 0.2) is 5.76 Å². The number of nitrogens with one attached hydrogen (secondary N) is 2. The van der Waals surface area contributed by atoms with Crippen LogP contribution in [0.15, 0.2) is 16.5 Å². The topological polar surface area (TPSA) is 97.4 Å². The molecular formula is C8H9N3O4. The summed E-state index contributed by atoms with van der Waals surface area (Å²) in [7, 11) is 0. The van der Waals surface area contributed by atoms with Crippen molar-refractivity contribution in [2.24, 2.45) is 0 Å². The molecule has 1 aliphatic rings. The van der Waals surface area contributed by atoms with Crippen LogP contribution < -0.4 is 10.6 Å². The van der Waals surface area contributed by atoms with Gasteiger partial charge in [-0.1, -0.05) is 0 Å². The molecule has 1 aromatic heterocycles. The number of carbonyl (C=O) groups excluding carboxylic acids is 1. The fraction of sp³-hybridized carbons (Fsp3) is 0.375. The number of carbonyl (C=O) groups is 1. The second-order valence-corrected chi connectivity index (χ2v) is 3.22. The summed E-state index contributed by atoms with van der Waals surface area (Å²) >= 11 is 0. The number of hydrogen-bond donors (Lipinski definition) is 2. The van der Waals surface area contributed by atoms with Gasteiger partial charge in [-0.2, -0.15) is 0 Å². The Kier molecular flexibility index (Phi) is 2.38. The van der Waals surface area contributed by atoms with E-state index in [1.54, 1.807) is 0 Å². The smallest absolute Gasteiger partial charge is 0.395 e. The molecule has 0 aromatic carbocycles. The molecule has 0 spiro atoms. The SMILES string of the molecule is O=C(NC1CNC1)c1ccc([N+](=O)[O-])o1. The molecule has 7 nitrogen and oxygen atoms in total. The molecule has 1 amide bonds. The molecule has 1 saturated heterocycles. The summed E-state index contributed by atoms with van der Waals surface area (Å²) in [5, 5.41) is 16.0. The highest BCUT2D eigenvalue weighted by Gasteiger charge is 2.22. The molecule has 2 N–H and O–H groups in total. The number of hydrogen-bond acceptors (Lipinski definition) is 5. The lowest BCUT2D eigenvalue weighted by Crippen LogP contribution is -2.56. The van der Waals surface area contributed by atoms with E-state index in [9.17, 15) is 14.9 Å². The summed E-state index contributed by atoms with van der Waals surface area (Å²) in [6, 6.07) is 2.54. The van der Waals surface area contributed by atoms with Gasteiger partial charge in [-0.15, -0.1) is 0 Å². The lowest BCUT2D eigenvalue weighted by atomic mass is 10.2. The molecule has 0 radical (unpaired) electrons. The Morgan fingerprint density at radius 2 is 2.33 bits per heavy atom. The van der Waals surface area contributed by atoms with E-state index in [-0.39, 0.29) is 11.8 Å². The highest BCUT2D eigenvalue weighted by molar-refractivity contribution is 5.92. The predicted octanol–water partition coefficient (Wildman–Crippen LogP) is -0.111. The molecule has 1 aliphatic heterocycles. The number of rotatable bonds is 3. The Morgan fingerprint density at radius 1 is 1.60 bits per heavy atom. The van der Waals surface area contributed by atoms with Crippen molar-refractivity contribution in [2.45, 2.75) is 6.04 Å². The van der Waals surface area contributed by atoms with Crippen LogP contribution in [0.1, 0.15) is 10.6 Å². The predicted molar refractivity (Wildman–Crippen MR) is 49.5 cm³/mol. The third-order valence-electron chi connectivity index (χ3n) is 2.11. The van der Waals surface area contributed by atoms with Gasteiger partial charge in [-0.25, -0.2) is 0 Å². The van der Waals surface area contributed by atoms with E-state index in [1.807, 2.05) is 0 Å². The molecule has 0 bridgehead atoms. The zero-order valence-electron chi connectivity index (χ0n) is 7.73. The quantitative estimate of drug-likeness (QED) is 0.537. The molecule has 7 heteroatoms. The van der Waals surface area contributed by atoms with Gasteiger partial charge >= 0.3 is 5.88 Å². The van der Waals surface area contributed by atoms with Crippen LogP contribution in [0.4, 0.5) is 5.88 Å². The Bertz CT molecular complexity index is 396. The van der Waals surface area contributed by atoms with Crippen molar-refractivity contribution in [3.8, 4) is 0 Å². The molecule has 15 heavy (non-hydrogen) atoms. The van der Waals surface area contributed by atoms with Gasteiger partial charge in [0.1, 0.15) is 4.92 Å². The fourth-order valence-corrected chi connectivity index (χ4v) is 1.20. The lowest BCUT2D eigenvalue weighted by molar-refractivity contribution is -0.402. The Balaban J connectivity index is 2.01. The first-order valence-corrected chi connectivity index (χ1v) is 4.42. The van der Waals surface area contributed by atoms with Crippen LogP contribution in [0.5, 0.6) is 0 Å². The second kappa shape index (κ2) is 3.70. The minimum Gasteiger partial charge on any atom is -0.395 e. The normalized spacial score (nSPS) is 15.7. The van der Waals surface area contributed by atoms with Crippen LogP contribution in [0.3, 0.4) is 0 Å². The van der Waals surface area contributed by atoms with Crippen LogP contribution in [-0.4, -0.2) is 30.0 Å². The van der Waals surface area contributed by atoms with Gasteiger partial charge in [0.25, 0.3) is 5.91 Å². The third-order valence-corrected chi connectivity index (χ3v) is 2.11. The molecule has 1 aromatic rings. The van der Waals surface area contributed by atoms with Crippen molar-refractivity contribution in [2.75, 3.05) is 13.1 Å². The Morgan fingerprint density at radius 3 is 2.80 bits per heavy atom. The average molecular weight is 211 g/mol. The lowest BCUT2D eigenvalue weighted by Gasteiger charge is -2.27. The molecule has 2 heterocycles. The number of nitrogens with zero attached hydrogens (tertiary/aromatic N) is 1. The van der Waals surface area contributed by atoms with Crippen LogP contribution in [0, 0.1) is 10.1 Å². The molecule has 1 fully saturated rings. The fourth-order valence-electron chi connectivity index (χ4n) is 1.20. The minimum atomic E-state index is -0.679. The van der Waals surface area contributed by atoms with E-state index < -0.39 is 16.7 Å². The summed E-state index contributed by atoms with van der Waals surface area (Å²) in [6.45, 7) is 1.43. The van der Waals surface area contributed by atoms with E-state index in [1.165, 1.54) is 6.07 Å². The molecular weight excluding hydrogens is 202 g/mol. The average Bonchev–Trinajstić information content (AvgIpc) is 2.59. The van der Waals surface area contributed by atoms with Gasteiger partial charge < -0.3 is 15.1 Å². The number of furan rings is 1. The minimum absolute atomic E-state index is 0.0337. The van der Waals surface area contributed by atoms with Gasteiger partial charge in [0.2, 0.25) is 0 Å². The Labute approximate surface area is 84.6 Å². The molecule has 0 atom stereocenters. The summed E-state index contributed by atoms with van der Waals surface area (Å²) in [6.07, 6.45) is 0. The van der Waals surface area contributed by atoms with E-state index in [0.29, 0.717) is 13.1 Å². The van der Waals surface area contributed by atoms with E-state index in [0.717, 1.165) is 6.07 Å². The van der Waals surface area contributed by atoms with E-state index in [4.69, 9.17) is 4.42 Å². The summed E-state index contributed by atoms with van der Waals surface area (Å²) in [4.78, 5) is 21.0. The van der Waals surface area contributed by atoms with Crippen LogP contribution in [0.25, 0.3) is 0 Å². The van der Waals surface area contributed by atoms with Crippen molar-refractivity contribution >= 4 is 11.8 Å². The van der Waals surface area contributed by atoms with E-state index in [2.05, 4.69) is 10.6 Å². The maximum Gasteiger partial charge on any atom is 0.433 e. The first-order valence-electron chi connectivity index (χ1n) is 4.42. The second-order valence-electron chi connectivity index (χ2n) is 3.22. The van der Waals surface area contributed by atoms with Crippen LogP contribution in [0.2, 0.25) is 0 Å². The van der Waals surface area contributed by atoms with Crippen molar-refractivity contribution in [3.05, 3.63) is 28.0 Å². The highest BCUT2D eigenvalue weighted by Crippen LogP contribution is 2.15. The maximum atomic E-state index is 11.4. The van der Waals surface area contributed by atoms with Gasteiger partial charge in [-0.3, -0.25) is 14.9 Å². The zero-order valence-corrected chi connectivity index (χ0v) is 7.73. The summed E-state index contributed by atoms with van der Waals surface area (Å²) in [5.41, 5.74) is 0. The molecule has 80 valence electrons. The zero-order chi connectivity index (χ0) is 10.8. The third kappa shape index (κ3) is 1.96. The first kappa shape index (κ1) is 9.66. The summed E-state index contributed by atoms with van der Waals surface area (Å²) in [5.74, 6) is -0.880. The molecule has 0 saturated carbocycles. The standard InChI is InChI=1S/C8H9N3O4/c12-8(10-5-3-9-4-5)6-1-2-7(15-6)11(13)14/h1-2,5,9H,3-4H2,(H,10,12). The maximum absolute atomic E-state index is 11.4. The molecule has 0 unspecified atom stereocenters. The van der Waals surface area contributed by atoms with Gasteiger partial charge in [0, 0.05) is 13.1 Å². The molecule has 0 aliphatic carbocycles. The molecule has 2 rings (SSSR count).